The Bertz CT molecular complexity index is 533. The molecular formula is C15H16N3. The van der Waals surface area contributed by atoms with E-state index in [1.54, 1.807) is 0 Å². The SMILES string of the molecule is CNc1cn[c]c(-c2ccccc2)c1N1CCC1. The van der Waals surface area contributed by atoms with Crippen LogP contribution >= 0.6 is 0 Å². The maximum atomic E-state index is 4.22. The first-order valence-corrected chi connectivity index (χ1v) is 6.29. The molecule has 2 aromatic rings. The van der Waals surface area contributed by atoms with Crippen molar-refractivity contribution in [3.05, 3.63) is 42.7 Å². The normalized spacial score (nSPS) is 14.2. The van der Waals surface area contributed by atoms with Crippen molar-refractivity contribution in [3.8, 4) is 11.1 Å². The molecular weight excluding hydrogens is 222 g/mol. The molecule has 0 atom stereocenters. The Balaban J connectivity index is 2.13. The largest absolute Gasteiger partial charge is 0.385 e. The third-order valence-electron chi connectivity index (χ3n) is 3.37. The predicted octanol–water partition coefficient (Wildman–Crippen LogP) is 2.80. The van der Waals surface area contributed by atoms with E-state index in [-0.39, 0.29) is 0 Å². The quantitative estimate of drug-likeness (QED) is 0.891. The molecule has 91 valence electrons. The van der Waals surface area contributed by atoms with Crippen molar-refractivity contribution >= 4 is 11.4 Å². The second kappa shape index (κ2) is 4.69. The predicted molar refractivity (Wildman–Crippen MR) is 74.9 cm³/mol. The summed E-state index contributed by atoms with van der Waals surface area (Å²) in [5.41, 5.74) is 4.56. The van der Waals surface area contributed by atoms with Crippen molar-refractivity contribution in [2.45, 2.75) is 6.42 Å². The highest BCUT2D eigenvalue weighted by Crippen LogP contribution is 2.37. The molecule has 0 bridgehead atoms. The van der Waals surface area contributed by atoms with Crippen LogP contribution in [-0.4, -0.2) is 25.1 Å². The maximum Gasteiger partial charge on any atom is 0.0994 e. The lowest BCUT2D eigenvalue weighted by Gasteiger charge is -2.36. The molecule has 1 radical (unpaired) electrons. The summed E-state index contributed by atoms with van der Waals surface area (Å²) in [6, 6.07) is 10.3. The summed E-state index contributed by atoms with van der Waals surface area (Å²) in [5, 5.41) is 3.23. The first kappa shape index (κ1) is 11.1. The average molecular weight is 238 g/mol. The molecule has 1 fully saturated rings. The van der Waals surface area contributed by atoms with E-state index >= 15 is 0 Å². The van der Waals surface area contributed by atoms with E-state index in [2.05, 4.69) is 45.7 Å². The molecule has 1 saturated heterocycles. The van der Waals surface area contributed by atoms with Gasteiger partial charge in [0.15, 0.2) is 0 Å². The molecule has 0 amide bonds. The monoisotopic (exact) mass is 238 g/mol. The van der Waals surface area contributed by atoms with Crippen LogP contribution in [0.25, 0.3) is 11.1 Å². The number of anilines is 2. The highest BCUT2D eigenvalue weighted by molar-refractivity contribution is 5.87. The van der Waals surface area contributed by atoms with Gasteiger partial charge < -0.3 is 10.2 Å². The van der Waals surface area contributed by atoms with Gasteiger partial charge in [0.1, 0.15) is 0 Å². The summed E-state index contributed by atoms with van der Waals surface area (Å²) in [7, 11) is 1.94. The van der Waals surface area contributed by atoms with Gasteiger partial charge in [-0.2, -0.15) is 0 Å². The Morgan fingerprint density at radius 1 is 1.22 bits per heavy atom. The van der Waals surface area contributed by atoms with Gasteiger partial charge >= 0.3 is 0 Å². The average Bonchev–Trinajstić information content (AvgIpc) is 2.38. The number of pyridine rings is 1. The fourth-order valence-corrected chi connectivity index (χ4v) is 2.27. The Kier molecular flexibility index (Phi) is 2.89. The van der Waals surface area contributed by atoms with E-state index in [1.807, 2.05) is 19.3 Å². The van der Waals surface area contributed by atoms with Gasteiger partial charge in [0, 0.05) is 25.7 Å². The smallest absolute Gasteiger partial charge is 0.0994 e. The number of hydrogen-bond donors (Lipinski definition) is 1. The van der Waals surface area contributed by atoms with Crippen LogP contribution in [0.1, 0.15) is 6.42 Å². The Labute approximate surface area is 107 Å². The van der Waals surface area contributed by atoms with Crippen molar-refractivity contribution in [3.63, 3.8) is 0 Å². The number of rotatable bonds is 3. The highest BCUT2D eigenvalue weighted by Gasteiger charge is 2.21. The van der Waals surface area contributed by atoms with Crippen molar-refractivity contribution in [2.24, 2.45) is 0 Å². The van der Waals surface area contributed by atoms with Crippen molar-refractivity contribution in [1.29, 1.82) is 0 Å². The summed E-state index contributed by atoms with van der Waals surface area (Å²) in [4.78, 5) is 6.60. The number of aromatic nitrogens is 1. The van der Waals surface area contributed by atoms with Crippen molar-refractivity contribution in [2.75, 3.05) is 30.4 Å². The lowest BCUT2D eigenvalue weighted by Crippen LogP contribution is -2.37. The van der Waals surface area contributed by atoms with E-state index in [4.69, 9.17) is 0 Å². The first-order chi connectivity index (χ1) is 8.90. The van der Waals surface area contributed by atoms with E-state index in [0.717, 1.165) is 24.3 Å². The fraction of sp³-hybridized carbons (Fsp3) is 0.267. The van der Waals surface area contributed by atoms with Crippen LogP contribution in [-0.2, 0) is 0 Å². The zero-order valence-corrected chi connectivity index (χ0v) is 10.5. The highest BCUT2D eigenvalue weighted by atomic mass is 15.2. The van der Waals surface area contributed by atoms with Crippen LogP contribution in [0, 0.1) is 6.20 Å². The van der Waals surface area contributed by atoms with Gasteiger partial charge in [0.25, 0.3) is 0 Å². The Morgan fingerprint density at radius 2 is 2.00 bits per heavy atom. The van der Waals surface area contributed by atoms with Crippen molar-refractivity contribution in [1.82, 2.24) is 4.98 Å². The van der Waals surface area contributed by atoms with E-state index < -0.39 is 0 Å². The molecule has 1 aromatic carbocycles. The van der Waals surface area contributed by atoms with E-state index in [0.29, 0.717) is 0 Å². The molecule has 2 heterocycles. The topological polar surface area (TPSA) is 28.2 Å². The molecule has 3 rings (SSSR count). The van der Waals surface area contributed by atoms with Gasteiger partial charge in [-0.05, 0) is 12.0 Å². The molecule has 1 aliphatic heterocycles. The van der Waals surface area contributed by atoms with Gasteiger partial charge in [0.2, 0.25) is 0 Å². The summed E-state index contributed by atoms with van der Waals surface area (Å²) >= 11 is 0. The molecule has 3 nitrogen and oxygen atoms in total. The number of nitrogens with one attached hydrogen (secondary N) is 1. The molecule has 1 aliphatic rings. The zero-order chi connectivity index (χ0) is 12.4. The lowest BCUT2D eigenvalue weighted by atomic mass is 10.0. The van der Waals surface area contributed by atoms with Crippen LogP contribution in [0.4, 0.5) is 11.4 Å². The van der Waals surface area contributed by atoms with Gasteiger partial charge in [-0.25, -0.2) is 0 Å². The Hall–Kier alpha value is -2.03. The number of benzene rings is 1. The summed E-state index contributed by atoms with van der Waals surface area (Å²) in [5.74, 6) is 0. The summed E-state index contributed by atoms with van der Waals surface area (Å²) in [6.45, 7) is 2.23. The van der Waals surface area contributed by atoms with Crippen LogP contribution in [0.15, 0.2) is 36.5 Å². The molecule has 1 N–H and O–H groups in total. The molecule has 0 spiro atoms. The van der Waals surface area contributed by atoms with Gasteiger partial charge in [-0.3, -0.25) is 4.98 Å². The van der Waals surface area contributed by atoms with Gasteiger partial charge in [-0.1, -0.05) is 30.3 Å². The van der Waals surface area contributed by atoms with E-state index in [9.17, 15) is 0 Å². The standard InChI is InChI=1S/C15H16N3/c1-16-14-11-17-10-13(12-6-3-2-4-7-12)15(14)18-8-5-9-18/h2-4,6-7,11,16H,5,8-9H2,1H3. The summed E-state index contributed by atoms with van der Waals surface area (Å²) < 4.78 is 0. The molecule has 18 heavy (non-hydrogen) atoms. The first-order valence-electron chi connectivity index (χ1n) is 6.29. The number of hydrogen-bond acceptors (Lipinski definition) is 3. The fourth-order valence-electron chi connectivity index (χ4n) is 2.27. The van der Waals surface area contributed by atoms with E-state index in [1.165, 1.54) is 17.7 Å². The minimum absolute atomic E-state index is 1.08. The Morgan fingerprint density at radius 3 is 2.61 bits per heavy atom. The van der Waals surface area contributed by atoms with Crippen LogP contribution < -0.4 is 10.2 Å². The molecule has 3 heteroatoms. The minimum Gasteiger partial charge on any atom is -0.385 e. The molecule has 1 aromatic heterocycles. The lowest BCUT2D eigenvalue weighted by molar-refractivity contribution is 0.618. The van der Waals surface area contributed by atoms with Crippen LogP contribution in [0.3, 0.4) is 0 Å². The number of nitrogens with zero attached hydrogens (tertiary/aromatic N) is 2. The molecule has 0 aliphatic carbocycles. The minimum atomic E-state index is 1.08. The molecule has 0 unspecified atom stereocenters. The van der Waals surface area contributed by atoms with Gasteiger partial charge in [-0.15, -0.1) is 0 Å². The second-order valence-electron chi connectivity index (χ2n) is 4.46. The zero-order valence-electron chi connectivity index (χ0n) is 10.5. The molecule has 0 saturated carbocycles. The third-order valence-corrected chi connectivity index (χ3v) is 3.37. The van der Waals surface area contributed by atoms with Crippen LogP contribution in [0.2, 0.25) is 0 Å². The van der Waals surface area contributed by atoms with Gasteiger partial charge in [0.05, 0.1) is 23.8 Å². The summed E-state index contributed by atoms with van der Waals surface area (Å²) in [6.07, 6.45) is 6.26. The van der Waals surface area contributed by atoms with Crippen molar-refractivity contribution < 1.29 is 0 Å². The third kappa shape index (κ3) is 1.82. The van der Waals surface area contributed by atoms with Crippen LogP contribution in [0.5, 0.6) is 0 Å². The maximum absolute atomic E-state index is 4.22. The second-order valence-corrected chi connectivity index (χ2v) is 4.46.